The van der Waals surface area contributed by atoms with Gasteiger partial charge in [0.1, 0.15) is 5.75 Å². The standard InChI is InChI=1S/C29H21F3N8O3S/c30-29(31,32)19-11-22(25(34-13-19)18-3-1-9-33-12-18)39-26(42)38-20-14-35-27(36-15-20)43-21-7-5-17(6-8-21)23-16-37-28(44-23)40-10-2-4-24(40)41/h1,3,5-9,11-16H,2,4,10H2,(H2,38,39,42). The number of ether oxygens (including phenoxy) is 1. The number of thiazole rings is 1. The lowest BCUT2D eigenvalue weighted by molar-refractivity contribution is -0.137. The number of carbonyl (C=O) groups is 2. The number of halogens is 3. The molecule has 1 aliphatic rings. The molecule has 11 nitrogen and oxygen atoms in total. The maximum atomic E-state index is 13.3. The van der Waals surface area contributed by atoms with Crippen LogP contribution in [0.1, 0.15) is 18.4 Å². The number of urea groups is 1. The number of anilines is 3. The lowest BCUT2D eigenvalue weighted by atomic mass is 10.1. The van der Waals surface area contributed by atoms with E-state index >= 15 is 0 Å². The summed E-state index contributed by atoms with van der Waals surface area (Å²) in [7, 11) is 0. The van der Waals surface area contributed by atoms with Crippen LogP contribution >= 0.6 is 11.3 Å². The maximum Gasteiger partial charge on any atom is 0.417 e. The molecule has 44 heavy (non-hydrogen) atoms. The molecule has 4 aromatic heterocycles. The first kappa shape index (κ1) is 28.7. The molecule has 1 saturated heterocycles. The predicted octanol–water partition coefficient (Wildman–Crippen LogP) is 6.64. The number of hydrogen-bond acceptors (Lipinski definition) is 9. The van der Waals surface area contributed by atoms with Crippen LogP contribution < -0.4 is 20.3 Å². The van der Waals surface area contributed by atoms with Gasteiger partial charge in [0.05, 0.1) is 39.9 Å². The Morgan fingerprint density at radius 2 is 1.73 bits per heavy atom. The Morgan fingerprint density at radius 3 is 2.41 bits per heavy atom. The summed E-state index contributed by atoms with van der Waals surface area (Å²) in [6.45, 7) is 0.679. The first-order valence-electron chi connectivity index (χ1n) is 13.1. The fourth-order valence-corrected chi connectivity index (χ4v) is 5.30. The molecule has 0 saturated carbocycles. The zero-order chi connectivity index (χ0) is 30.7. The third-order valence-electron chi connectivity index (χ3n) is 6.43. The van der Waals surface area contributed by atoms with Gasteiger partial charge in [-0.15, -0.1) is 0 Å². The summed E-state index contributed by atoms with van der Waals surface area (Å²) in [5, 5.41) is 5.58. The molecular formula is C29H21F3N8O3S. The van der Waals surface area contributed by atoms with Crippen LogP contribution in [0.3, 0.4) is 0 Å². The number of nitrogens with one attached hydrogen (secondary N) is 2. The molecule has 3 amide bonds. The summed E-state index contributed by atoms with van der Waals surface area (Å²) in [5.74, 6) is 0.547. The minimum absolute atomic E-state index is 0.0114. The number of aromatic nitrogens is 5. The summed E-state index contributed by atoms with van der Waals surface area (Å²) in [6.07, 6.45) is 4.66. The Hall–Kier alpha value is -5.44. The molecule has 222 valence electrons. The Morgan fingerprint density at radius 1 is 0.932 bits per heavy atom. The van der Waals surface area contributed by atoms with E-state index in [0.717, 1.165) is 22.9 Å². The Bertz CT molecular complexity index is 1800. The fourth-order valence-electron chi connectivity index (χ4n) is 4.33. The molecule has 0 aliphatic carbocycles. The lowest BCUT2D eigenvalue weighted by Gasteiger charge is -2.14. The van der Waals surface area contributed by atoms with Crippen molar-refractivity contribution in [1.29, 1.82) is 0 Å². The van der Waals surface area contributed by atoms with E-state index in [-0.39, 0.29) is 29.0 Å². The van der Waals surface area contributed by atoms with Gasteiger partial charge in [0.2, 0.25) is 5.91 Å². The van der Waals surface area contributed by atoms with Gasteiger partial charge in [-0.2, -0.15) is 13.2 Å². The molecule has 6 rings (SSSR count). The van der Waals surface area contributed by atoms with Crippen molar-refractivity contribution in [1.82, 2.24) is 24.9 Å². The molecule has 0 atom stereocenters. The van der Waals surface area contributed by atoms with Gasteiger partial charge in [0.15, 0.2) is 5.13 Å². The van der Waals surface area contributed by atoms with E-state index in [9.17, 15) is 22.8 Å². The van der Waals surface area contributed by atoms with Crippen LogP contribution in [-0.4, -0.2) is 43.4 Å². The Balaban J connectivity index is 1.09. The second kappa shape index (κ2) is 12.0. The largest absolute Gasteiger partial charge is 0.424 e. The molecule has 1 fully saturated rings. The molecule has 15 heteroatoms. The van der Waals surface area contributed by atoms with Crippen LogP contribution in [0.15, 0.2) is 79.6 Å². The van der Waals surface area contributed by atoms with Gasteiger partial charge >= 0.3 is 18.2 Å². The zero-order valence-electron chi connectivity index (χ0n) is 22.6. The number of benzene rings is 1. The first-order valence-corrected chi connectivity index (χ1v) is 14.0. The third kappa shape index (κ3) is 6.47. The molecule has 1 aliphatic heterocycles. The van der Waals surface area contributed by atoms with Crippen molar-refractivity contribution in [2.75, 3.05) is 22.1 Å². The average molecular weight is 619 g/mol. The monoisotopic (exact) mass is 618 g/mol. The van der Waals surface area contributed by atoms with Crippen molar-refractivity contribution < 1.29 is 27.5 Å². The zero-order valence-corrected chi connectivity index (χ0v) is 23.4. The van der Waals surface area contributed by atoms with Gasteiger partial charge in [-0.25, -0.2) is 19.7 Å². The minimum Gasteiger partial charge on any atom is -0.424 e. The fraction of sp³-hybridized carbons (Fsp3) is 0.138. The molecule has 0 radical (unpaired) electrons. The van der Waals surface area contributed by atoms with E-state index in [1.165, 1.54) is 36.1 Å². The van der Waals surface area contributed by atoms with Crippen LogP contribution in [-0.2, 0) is 11.0 Å². The van der Waals surface area contributed by atoms with E-state index in [1.807, 2.05) is 12.1 Å². The van der Waals surface area contributed by atoms with Gasteiger partial charge < -0.3 is 15.4 Å². The molecular weight excluding hydrogens is 597 g/mol. The predicted molar refractivity (Wildman–Crippen MR) is 156 cm³/mol. The van der Waals surface area contributed by atoms with Crippen LogP contribution in [0.2, 0.25) is 0 Å². The lowest BCUT2D eigenvalue weighted by Crippen LogP contribution is -2.23. The van der Waals surface area contributed by atoms with Gasteiger partial charge in [-0.3, -0.25) is 19.7 Å². The highest BCUT2D eigenvalue weighted by atomic mass is 32.1. The molecule has 5 heterocycles. The normalized spacial score (nSPS) is 13.2. The van der Waals surface area contributed by atoms with Gasteiger partial charge in [0.25, 0.3) is 0 Å². The SMILES string of the molecule is O=C(Nc1cnc(Oc2ccc(-c3cnc(N4CCCC4=O)s3)cc2)nc1)Nc1cc(C(F)(F)F)cnc1-c1cccnc1. The van der Waals surface area contributed by atoms with Crippen molar-refractivity contribution >= 4 is 39.8 Å². The first-order chi connectivity index (χ1) is 21.2. The minimum atomic E-state index is -4.66. The molecule has 0 unspecified atom stereocenters. The smallest absolute Gasteiger partial charge is 0.417 e. The van der Waals surface area contributed by atoms with E-state index in [4.69, 9.17) is 4.74 Å². The number of carbonyl (C=O) groups excluding carboxylic acids is 2. The summed E-state index contributed by atoms with van der Waals surface area (Å²) in [6, 6.07) is 10.4. The topological polar surface area (TPSA) is 135 Å². The second-order valence-electron chi connectivity index (χ2n) is 9.48. The van der Waals surface area contributed by atoms with Crippen LogP contribution in [0.5, 0.6) is 11.8 Å². The number of rotatable bonds is 7. The van der Waals surface area contributed by atoms with Crippen molar-refractivity contribution in [3.63, 3.8) is 0 Å². The summed E-state index contributed by atoms with van der Waals surface area (Å²) >= 11 is 1.44. The van der Waals surface area contributed by atoms with Gasteiger partial charge in [0, 0.05) is 43.3 Å². The number of nitrogens with zero attached hydrogens (tertiary/aromatic N) is 6. The van der Waals surface area contributed by atoms with Crippen molar-refractivity contribution in [3.8, 4) is 33.5 Å². The molecule has 5 aromatic rings. The van der Waals surface area contributed by atoms with Crippen molar-refractivity contribution in [3.05, 3.63) is 85.2 Å². The van der Waals surface area contributed by atoms with E-state index in [1.54, 1.807) is 35.4 Å². The van der Waals surface area contributed by atoms with Crippen molar-refractivity contribution in [2.45, 2.75) is 19.0 Å². The molecule has 1 aromatic carbocycles. The van der Waals surface area contributed by atoms with Gasteiger partial charge in [-0.05, 0) is 54.4 Å². The number of alkyl halides is 3. The average Bonchev–Trinajstić information content (AvgIpc) is 3.67. The Labute approximate surface area is 251 Å². The summed E-state index contributed by atoms with van der Waals surface area (Å²) in [4.78, 5) is 47.7. The molecule has 0 bridgehead atoms. The number of amides is 3. The summed E-state index contributed by atoms with van der Waals surface area (Å²) in [5.41, 5.74) is 0.435. The van der Waals surface area contributed by atoms with Crippen molar-refractivity contribution in [2.24, 2.45) is 0 Å². The second-order valence-corrected chi connectivity index (χ2v) is 10.5. The highest BCUT2D eigenvalue weighted by Gasteiger charge is 2.32. The maximum absolute atomic E-state index is 13.3. The number of hydrogen-bond donors (Lipinski definition) is 2. The van der Waals surface area contributed by atoms with Crippen LogP contribution in [0.25, 0.3) is 21.7 Å². The van der Waals surface area contributed by atoms with E-state index < -0.39 is 17.8 Å². The molecule has 2 N–H and O–H groups in total. The number of pyridine rings is 2. The van der Waals surface area contributed by atoms with E-state index in [2.05, 4.69) is 35.6 Å². The highest BCUT2D eigenvalue weighted by molar-refractivity contribution is 7.19. The Kier molecular flexibility index (Phi) is 7.85. The van der Waals surface area contributed by atoms with Crippen LogP contribution in [0.4, 0.5) is 34.5 Å². The quantitative estimate of drug-likeness (QED) is 0.207. The van der Waals surface area contributed by atoms with Crippen LogP contribution in [0, 0.1) is 0 Å². The van der Waals surface area contributed by atoms with E-state index in [0.29, 0.717) is 35.6 Å². The van der Waals surface area contributed by atoms with Gasteiger partial charge in [-0.1, -0.05) is 11.3 Å². The third-order valence-corrected chi connectivity index (χ3v) is 7.50. The molecule has 0 spiro atoms. The summed E-state index contributed by atoms with van der Waals surface area (Å²) < 4.78 is 45.7. The highest BCUT2D eigenvalue weighted by Crippen LogP contribution is 2.35.